The lowest BCUT2D eigenvalue weighted by Gasteiger charge is -2.41. The first kappa shape index (κ1) is 24.3. The predicted molar refractivity (Wildman–Crippen MR) is 148 cm³/mol. The van der Waals surface area contributed by atoms with E-state index in [1.165, 1.54) is 6.07 Å². The zero-order valence-electron chi connectivity index (χ0n) is 21.4. The fourth-order valence-corrected chi connectivity index (χ4v) is 7.36. The van der Waals surface area contributed by atoms with Crippen LogP contribution in [0.5, 0.6) is 0 Å². The van der Waals surface area contributed by atoms with Crippen molar-refractivity contribution in [3.63, 3.8) is 0 Å². The molecule has 3 aliphatic rings. The lowest BCUT2D eigenvalue weighted by Crippen LogP contribution is -2.60. The maximum atomic E-state index is 14.7. The lowest BCUT2D eigenvalue weighted by molar-refractivity contribution is -0.385. The summed E-state index contributed by atoms with van der Waals surface area (Å²) in [5.74, 6) is -3.19. The van der Waals surface area contributed by atoms with Crippen molar-refractivity contribution in [2.75, 3.05) is 6.54 Å². The smallest absolute Gasteiger partial charge is 0.272 e. The molecule has 2 aliphatic heterocycles. The Labute approximate surface area is 230 Å². The Bertz CT molecular complexity index is 1690. The monoisotopic (exact) mass is 528 g/mol. The molecule has 0 N–H and O–H groups in total. The number of ketones is 3. The van der Waals surface area contributed by atoms with Crippen molar-refractivity contribution < 1.29 is 19.3 Å². The molecule has 7 rings (SSSR count). The SMILES string of the molecule is O=C(c1ccccc1)[C@H]1[C@H](c2ccccc2[N+](=O)[O-])[C@H]2c3ccccc3CCN2C12C(=O)c1ccccc1C2=O. The van der Waals surface area contributed by atoms with Gasteiger partial charge < -0.3 is 0 Å². The molecule has 0 aromatic heterocycles. The summed E-state index contributed by atoms with van der Waals surface area (Å²) in [4.78, 5) is 57.6. The fourth-order valence-electron chi connectivity index (χ4n) is 7.36. The average Bonchev–Trinajstić information content (AvgIpc) is 3.43. The van der Waals surface area contributed by atoms with Crippen molar-refractivity contribution in [1.82, 2.24) is 4.90 Å². The molecule has 196 valence electrons. The van der Waals surface area contributed by atoms with E-state index in [1.54, 1.807) is 72.8 Å². The number of carbonyl (C=O) groups excluding carboxylic acids is 3. The number of rotatable bonds is 4. The number of nitrogens with zero attached hydrogens (tertiary/aromatic N) is 2. The third-order valence-corrected chi connectivity index (χ3v) is 8.88. The Kier molecular flexibility index (Phi) is 5.40. The van der Waals surface area contributed by atoms with Gasteiger partial charge in [0.05, 0.1) is 10.8 Å². The Morgan fingerprint density at radius 3 is 2.02 bits per heavy atom. The van der Waals surface area contributed by atoms with Gasteiger partial charge in [-0.1, -0.05) is 97.1 Å². The van der Waals surface area contributed by atoms with E-state index in [4.69, 9.17) is 0 Å². The van der Waals surface area contributed by atoms with Crippen LogP contribution in [0.1, 0.15) is 59.7 Å². The van der Waals surface area contributed by atoms with E-state index in [-0.39, 0.29) is 11.5 Å². The fraction of sp³-hybridized carbons (Fsp3) is 0.182. The Morgan fingerprint density at radius 1 is 0.775 bits per heavy atom. The number of carbonyl (C=O) groups is 3. The first-order valence-corrected chi connectivity index (χ1v) is 13.3. The van der Waals surface area contributed by atoms with Gasteiger partial charge in [-0.15, -0.1) is 0 Å². The van der Waals surface area contributed by atoms with Crippen LogP contribution in [0, 0.1) is 16.0 Å². The molecule has 0 unspecified atom stereocenters. The minimum atomic E-state index is -1.82. The minimum absolute atomic E-state index is 0.131. The summed E-state index contributed by atoms with van der Waals surface area (Å²) >= 11 is 0. The van der Waals surface area contributed by atoms with Crippen LogP contribution in [0.25, 0.3) is 0 Å². The quantitative estimate of drug-likeness (QED) is 0.148. The molecule has 1 aliphatic carbocycles. The molecule has 1 fully saturated rings. The molecule has 3 atom stereocenters. The van der Waals surface area contributed by atoms with Crippen LogP contribution in [-0.2, 0) is 6.42 Å². The summed E-state index contributed by atoms with van der Waals surface area (Å²) in [5, 5.41) is 12.3. The number of hydrogen-bond donors (Lipinski definition) is 0. The topological polar surface area (TPSA) is 97.6 Å². The third-order valence-electron chi connectivity index (χ3n) is 8.88. The second kappa shape index (κ2) is 8.89. The zero-order chi connectivity index (χ0) is 27.6. The van der Waals surface area contributed by atoms with E-state index < -0.39 is 39.9 Å². The van der Waals surface area contributed by atoms with Gasteiger partial charge in [-0.25, -0.2) is 0 Å². The van der Waals surface area contributed by atoms with Crippen LogP contribution >= 0.6 is 0 Å². The molecule has 7 heteroatoms. The molecule has 7 nitrogen and oxygen atoms in total. The summed E-state index contributed by atoms with van der Waals surface area (Å²) in [6, 6.07) is 28.9. The van der Waals surface area contributed by atoms with Gasteiger partial charge in [-0.2, -0.15) is 0 Å². The molecule has 0 amide bonds. The first-order valence-electron chi connectivity index (χ1n) is 13.3. The zero-order valence-corrected chi connectivity index (χ0v) is 21.4. The predicted octanol–water partition coefficient (Wildman–Crippen LogP) is 5.61. The van der Waals surface area contributed by atoms with Gasteiger partial charge >= 0.3 is 0 Å². The lowest BCUT2D eigenvalue weighted by atomic mass is 9.69. The molecule has 0 saturated carbocycles. The third kappa shape index (κ3) is 3.12. The molecule has 1 spiro atoms. The van der Waals surface area contributed by atoms with Crippen LogP contribution in [-0.4, -0.2) is 39.3 Å². The number of benzene rings is 4. The molecule has 0 bridgehead atoms. The normalized spacial score (nSPS) is 22.6. The van der Waals surface area contributed by atoms with Crippen molar-refractivity contribution in [1.29, 1.82) is 0 Å². The van der Waals surface area contributed by atoms with Gasteiger partial charge in [-0.3, -0.25) is 29.4 Å². The van der Waals surface area contributed by atoms with E-state index in [0.717, 1.165) is 11.1 Å². The van der Waals surface area contributed by atoms with Crippen molar-refractivity contribution in [2.24, 2.45) is 5.92 Å². The molecule has 0 radical (unpaired) electrons. The highest BCUT2D eigenvalue weighted by molar-refractivity contribution is 6.35. The van der Waals surface area contributed by atoms with Crippen molar-refractivity contribution in [3.8, 4) is 0 Å². The molecule has 2 heterocycles. The second-order valence-electron chi connectivity index (χ2n) is 10.6. The highest BCUT2D eigenvalue weighted by Gasteiger charge is 2.72. The van der Waals surface area contributed by atoms with Crippen molar-refractivity contribution in [3.05, 3.63) is 147 Å². The van der Waals surface area contributed by atoms with Gasteiger partial charge in [-0.05, 0) is 17.5 Å². The summed E-state index contributed by atoms with van der Waals surface area (Å²) in [7, 11) is 0. The van der Waals surface area contributed by atoms with Crippen LogP contribution in [0.2, 0.25) is 0 Å². The maximum absolute atomic E-state index is 14.7. The van der Waals surface area contributed by atoms with Crippen molar-refractivity contribution in [2.45, 2.75) is 23.9 Å². The van der Waals surface area contributed by atoms with Gasteiger partial charge in [0, 0.05) is 46.8 Å². The Morgan fingerprint density at radius 2 is 1.35 bits per heavy atom. The molecular formula is C33H24N2O5. The first-order chi connectivity index (χ1) is 19.5. The van der Waals surface area contributed by atoms with Crippen LogP contribution < -0.4 is 0 Å². The van der Waals surface area contributed by atoms with Crippen LogP contribution in [0.4, 0.5) is 5.69 Å². The summed E-state index contributed by atoms with van der Waals surface area (Å²) in [5.41, 5.74) is 1.28. The molecule has 40 heavy (non-hydrogen) atoms. The average molecular weight is 529 g/mol. The van der Waals surface area contributed by atoms with Crippen molar-refractivity contribution >= 4 is 23.0 Å². The van der Waals surface area contributed by atoms with E-state index >= 15 is 0 Å². The van der Waals surface area contributed by atoms with Gasteiger partial charge in [0.25, 0.3) is 5.69 Å². The number of hydrogen-bond acceptors (Lipinski definition) is 6. The summed E-state index contributed by atoms with van der Waals surface area (Å²) in [6.45, 7) is 0.364. The van der Waals surface area contributed by atoms with Crippen LogP contribution in [0.15, 0.2) is 103 Å². The number of Topliss-reactive ketones (excluding diaryl/α,β-unsaturated/α-hetero) is 3. The summed E-state index contributed by atoms with van der Waals surface area (Å²) in [6.07, 6.45) is 0.585. The molecule has 1 saturated heterocycles. The van der Waals surface area contributed by atoms with E-state index in [2.05, 4.69) is 0 Å². The number of fused-ring (bicyclic) bond motifs is 5. The largest absolute Gasteiger partial charge is 0.294 e. The molecule has 4 aromatic rings. The molecular weight excluding hydrogens is 504 g/mol. The second-order valence-corrected chi connectivity index (χ2v) is 10.6. The van der Waals surface area contributed by atoms with Crippen LogP contribution in [0.3, 0.4) is 0 Å². The molecule has 4 aromatic carbocycles. The number of nitro groups is 1. The number of para-hydroxylation sites is 1. The Balaban J connectivity index is 1.58. The standard InChI is InChI=1S/C33H24N2O5/c36-30(21-11-2-1-3-12-21)28-27(25-16-8-9-17-26(25)35(39)40)29-22-13-5-4-10-20(22)18-19-34(29)33(28)31(37)23-14-6-7-15-24(23)32(33)38/h1-17,27-29H,18-19H2/t27-,28+,29+/m0/s1. The van der Waals surface area contributed by atoms with E-state index in [0.29, 0.717) is 35.2 Å². The van der Waals surface area contributed by atoms with E-state index in [1.807, 2.05) is 29.2 Å². The Hall–Kier alpha value is -4.75. The minimum Gasteiger partial charge on any atom is -0.294 e. The highest BCUT2D eigenvalue weighted by Crippen LogP contribution is 2.62. The number of nitro benzene ring substituents is 1. The maximum Gasteiger partial charge on any atom is 0.272 e. The van der Waals surface area contributed by atoms with E-state index in [9.17, 15) is 24.5 Å². The van der Waals surface area contributed by atoms with Gasteiger partial charge in [0.15, 0.2) is 22.9 Å². The highest BCUT2D eigenvalue weighted by atomic mass is 16.6. The summed E-state index contributed by atoms with van der Waals surface area (Å²) < 4.78 is 0. The van der Waals surface area contributed by atoms with Gasteiger partial charge in [0.1, 0.15) is 0 Å². The van der Waals surface area contributed by atoms with Gasteiger partial charge in [0.2, 0.25) is 0 Å².